The molecule has 0 bridgehead atoms. The van der Waals surface area contributed by atoms with Crippen molar-refractivity contribution in [1.29, 1.82) is 0 Å². The Hall–Kier alpha value is -3.63. The van der Waals surface area contributed by atoms with E-state index in [-0.39, 0.29) is 33.9 Å². The molecular formula is C28H31ClFN3O5S. The van der Waals surface area contributed by atoms with Gasteiger partial charge >= 0.3 is 0 Å². The second-order valence-corrected chi connectivity index (χ2v) is 11.4. The minimum atomic E-state index is -4.28. The molecule has 0 unspecified atom stereocenters. The lowest BCUT2D eigenvalue weighted by Crippen LogP contribution is -2.52. The SMILES string of the molecule is COc1ccc(Cl)cc1N(CC(=O)N(Cc1ccc(F)cc1)[C@@H](C)C(=O)NC(C)C)S(=O)(=O)c1ccccc1. The number of rotatable bonds is 11. The molecule has 11 heteroatoms. The number of halogens is 2. The van der Waals surface area contributed by atoms with Crippen LogP contribution in [0.4, 0.5) is 10.1 Å². The first-order chi connectivity index (χ1) is 18.4. The largest absolute Gasteiger partial charge is 0.495 e. The van der Waals surface area contributed by atoms with Crippen molar-refractivity contribution < 1.29 is 27.1 Å². The van der Waals surface area contributed by atoms with E-state index in [4.69, 9.17) is 16.3 Å². The maximum Gasteiger partial charge on any atom is 0.264 e. The third kappa shape index (κ3) is 7.48. The Morgan fingerprint density at radius 1 is 1.00 bits per heavy atom. The molecule has 0 saturated carbocycles. The Bertz CT molecular complexity index is 1400. The molecule has 0 radical (unpaired) electrons. The van der Waals surface area contributed by atoms with E-state index in [1.165, 1.54) is 66.6 Å². The third-order valence-electron chi connectivity index (χ3n) is 5.88. The Labute approximate surface area is 233 Å². The first-order valence-corrected chi connectivity index (χ1v) is 14.0. The maximum atomic E-state index is 13.9. The molecule has 0 heterocycles. The summed E-state index contributed by atoms with van der Waals surface area (Å²) in [6.07, 6.45) is 0. The molecule has 0 aliphatic heterocycles. The van der Waals surface area contributed by atoms with Crippen molar-refractivity contribution in [3.63, 3.8) is 0 Å². The molecule has 2 amide bonds. The summed E-state index contributed by atoms with van der Waals surface area (Å²) in [5, 5.41) is 3.01. The molecule has 0 aromatic heterocycles. The van der Waals surface area contributed by atoms with E-state index in [2.05, 4.69) is 5.32 Å². The zero-order valence-electron chi connectivity index (χ0n) is 22.1. The number of carbonyl (C=O) groups excluding carboxylic acids is 2. The smallest absolute Gasteiger partial charge is 0.264 e. The normalized spacial score (nSPS) is 12.1. The van der Waals surface area contributed by atoms with Crippen molar-refractivity contribution >= 4 is 39.1 Å². The van der Waals surface area contributed by atoms with Gasteiger partial charge in [-0.15, -0.1) is 0 Å². The number of carbonyl (C=O) groups is 2. The van der Waals surface area contributed by atoms with Crippen LogP contribution in [0.15, 0.2) is 77.7 Å². The molecule has 1 atom stereocenters. The first-order valence-electron chi connectivity index (χ1n) is 12.2. The van der Waals surface area contributed by atoms with Crippen LogP contribution in [0, 0.1) is 5.82 Å². The van der Waals surface area contributed by atoms with E-state index < -0.39 is 40.2 Å². The summed E-state index contributed by atoms with van der Waals surface area (Å²) in [7, 11) is -2.90. The third-order valence-corrected chi connectivity index (χ3v) is 7.89. The quantitative estimate of drug-likeness (QED) is 0.360. The Kier molecular flexibility index (Phi) is 9.93. The van der Waals surface area contributed by atoms with Crippen molar-refractivity contribution in [2.24, 2.45) is 0 Å². The molecule has 0 spiro atoms. The van der Waals surface area contributed by atoms with Gasteiger partial charge < -0.3 is 15.0 Å². The van der Waals surface area contributed by atoms with Gasteiger partial charge in [-0.05, 0) is 68.8 Å². The van der Waals surface area contributed by atoms with Gasteiger partial charge in [-0.25, -0.2) is 12.8 Å². The van der Waals surface area contributed by atoms with Crippen molar-refractivity contribution in [3.8, 4) is 5.75 Å². The van der Waals surface area contributed by atoms with E-state index in [1.807, 2.05) is 0 Å². The van der Waals surface area contributed by atoms with Crippen LogP contribution in [0.25, 0.3) is 0 Å². The zero-order chi connectivity index (χ0) is 28.7. The Morgan fingerprint density at radius 3 is 2.23 bits per heavy atom. The minimum Gasteiger partial charge on any atom is -0.495 e. The number of amides is 2. The minimum absolute atomic E-state index is 0.0458. The number of hydrogen-bond acceptors (Lipinski definition) is 5. The van der Waals surface area contributed by atoms with Gasteiger partial charge in [0.15, 0.2) is 0 Å². The van der Waals surface area contributed by atoms with Gasteiger partial charge in [-0.3, -0.25) is 13.9 Å². The van der Waals surface area contributed by atoms with Gasteiger partial charge in [0.1, 0.15) is 24.2 Å². The summed E-state index contributed by atoms with van der Waals surface area (Å²) in [5.41, 5.74) is 0.620. The van der Waals surface area contributed by atoms with Gasteiger partial charge in [-0.2, -0.15) is 0 Å². The average molecular weight is 576 g/mol. The Morgan fingerprint density at radius 2 is 1.64 bits per heavy atom. The number of anilines is 1. The molecule has 0 aliphatic carbocycles. The second-order valence-electron chi connectivity index (χ2n) is 9.13. The molecule has 8 nitrogen and oxygen atoms in total. The number of hydrogen-bond donors (Lipinski definition) is 1. The van der Waals surface area contributed by atoms with Crippen molar-refractivity contribution in [3.05, 3.63) is 89.2 Å². The summed E-state index contributed by atoms with van der Waals surface area (Å²) < 4.78 is 47.5. The molecule has 0 saturated heterocycles. The lowest BCUT2D eigenvalue weighted by molar-refractivity contribution is -0.139. The Balaban J connectivity index is 2.08. The monoisotopic (exact) mass is 575 g/mol. The van der Waals surface area contributed by atoms with Crippen LogP contribution >= 0.6 is 11.6 Å². The molecule has 0 aliphatic rings. The second kappa shape index (κ2) is 12.9. The highest BCUT2D eigenvalue weighted by Crippen LogP contribution is 2.35. The van der Waals surface area contributed by atoms with E-state index >= 15 is 0 Å². The molecule has 3 aromatic rings. The van der Waals surface area contributed by atoms with Crippen LogP contribution in [-0.2, 0) is 26.2 Å². The molecule has 1 N–H and O–H groups in total. The van der Waals surface area contributed by atoms with Crippen LogP contribution < -0.4 is 14.4 Å². The molecule has 3 rings (SSSR count). The molecule has 0 fully saturated rings. The van der Waals surface area contributed by atoms with Crippen LogP contribution in [0.2, 0.25) is 5.02 Å². The maximum absolute atomic E-state index is 13.9. The van der Waals surface area contributed by atoms with E-state index in [0.717, 1.165) is 4.31 Å². The first kappa shape index (κ1) is 29.9. The summed E-state index contributed by atoms with van der Waals surface area (Å²) in [5.74, 6) is -1.34. The van der Waals surface area contributed by atoms with Crippen LogP contribution in [-0.4, -0.2) is 50.9 Å². The highest BCUT2D eigenvalue weighted by Gasteiger charge is 2.34. The topological polar surface area (TPSA) is 96.0 Å². The molecule has 39 heavy (non-hydrogen) atoms. The number of ether oxygens (including phenoxy) is 1. The number of nitrogens with one attached hydrogen (secondary N) is 1. The fourth-order valence-electron chi connectivity index (χ4n) is 3.87. The summed E-state index contributed by atoms with van der Waals surface area (Å²) >= 11 is 6.22. The number of methoxy groups -OCH3 is 1. The zero-order valence-corrected chi connectivity index (χ0v) is 23.7. The van der Waals surface area contributed by atoms with Gasteiger partial charge in [0.05, 0.1) is 17.7 Å². The predicted octanol–water partition coefficient (Wildman–Crippen LogP) is 4.62. The van der Waals surface area contributed by atoms with Crippen LogP contribution in [0.5, 0.6) is 5.75 Å². The summed E-state index contributed by atoms with van der Waals surface area (Å²) in [4.78, 5) is 28.0. The molecular weight excluding hydrogens is 545 g/mol. The number of benzene rings is 3. The highest BCUT2D eigenvalue weighted by molar-refractivity contribution is 7.92. The summed E-state index contributed by atoms with van der Waals surface area (Å²) in [6.45, 7) is 4.41. The van der Waals surface area contributed by atoms with Crippen LogP contribution in [0.1, 0.15) is 26.3 Å². The molecule has 208 valence electrons. The van der Waals surface area contributed by atoms with E-state index in [0.29, 0.717) is 5.56 Å². The fourth-order valence-corrected chi connectivity index (χ4v) is 5.47. The lowest BCUT2D eigenvalue weighted by atomic mass is 10.1. The van der Waals surface area contributed by atoms with Gasteiger partial charge in [0, 0.05) is 17.6 Å². The standard InChI is InChI=1S/C28H31ClFN3O5S/c1-19(2)31-28(35)20(3)32(17-21-10-13-23(30)14-11-21)27(34)18-33(25-16-22(29)12-15-26(25)38-4)39(36,37)24-8-6-5-7-9-24/h5-16,19-20H,17-18H2,1-4H3,(H,31,35)/t20-/m0/s1. The van der Waals surface area contributed by atoms with Crippen molar-refractivity contribution in [1.82, 2.24) is 10.2 Å². The predicted molar refractivity (Wildman–Crippen MR) is 149 cm³/mol. The van der Waals surface area contributed by atoms with Crippen molar-refractivity contribution in [2.45, 2.75) is 44.3 Å². The van der Waals surface area contributed by atoms with Gasteiger partial charge in [0.2, 0.25) is 11.8 Å². The highest BCUT2D eigenvalue weighted by atomic mass is 35.5. The van der Waals surface area contributed by atoms with Crippen molar-refractivity contribution in [2.75, 3.05) is 18.0 Å². The fraction of sp³-hybridized carbons (Fsp3) is 0.286. The average Bonchev–Trinajstić information content (AvgIpc) is 2.90. The van der Waals surface area contributed by atoms with Gasteiger partial charge in [0.25, 0.3) is 10.0 Å². The van der Waals surface area contributed by atoms with Crippen LogP contribution in [0.3, 0.4) is 0 Å². The van der Waals surface area contributed by atoms with Gasteiger partial charge in [-0.1, -0.05) is 41.9 Å². The summed E-state index contributed by atoms with van der Waals surface area (Å²) in [6, 6.07) is 16.4. The van der Waals surface area contributed by atoms with E-state index in [9.17, 15) is 22.4 Å². The number of sulfonamides is 1. The molecule has 3 aromatic carbocycles. The number of nitrogens with zero attached hydrogens (tertiary/aromatic N) is 2. The lowest BCUT2D eigenvalue weighted by Gasteiger charge is -2.32. The van der Waals surface area contributed by atoms with E-state index in [1.54, 1.807) is 39.0 Å².